The lowest BCUT2D eigenvalue weighted by Gasteiger charge is -2.39. The van der Waals surface area contributed by atoms with Crippen molar-refractivity contribution in [3.05, 3.63) is 34.9 Å². The van der Waals surface area contributed by atoms with Gasteiger partial charge in [-0.25, -0.2) is 0 Å². The monoisotopic (exact) mass is 287 g/mol. The highest BCUT2D eigenvalue weighted by atomic mass is 15.0. The Kier molecular flexibility index (Phi) is 5.48. The fourth-order valence-corrected chi connectivity index (χ4v) is 3.85. The summed E-state index contributed by atoms with van der Waals surface area (Å²) >= 11 is 0. The SMILES string of the molecule is Cc1ccc(C(C)NC2CC(C)CCC2C(C)C)cc1C. The van der Waals surface area contributed by atoms with E-state index in [0.29, 0.717) is 12.1 Å². The standard InChI is InChI=1S/C20H33N/c1-13(2)19-10-7-14(3)11-20(19)21-17(6)18-9-8-15(4)16(5)12-18/h8-9,12-14,17,19-21H,7,10-11H2,1-6H3. The molecule has 0 amide bonds. The largest absolute Gasteiger partial charge is 0.307 e. The van der Waals surface area contributed by atoms with Gasteiger partial charge in [0.15, 0.2) is 0 Å². The van der Waals surface area contributed by atoms with Crippen LogP contribution >= 0.6 is 0 Å². The van der Waals surface area contributed by atoms with Gasteiger partial charge < -0.3 is 5.32 Å². The van der Waals surface area contributed by atoms with Crippen molar-refractivity contribution in [1.82, 2.24) is 5.32 Å². The lowest BCUT2D eigenvalue weighted by Crippen LogP contribution is -2.43. The zero-order valence-electron chi connectivity index (χ0n) is 14.7. The Bertz CT molecular complexity index is 463. The highest BCUT2D eigenvalue weighted by Gasteiger charge is 2.31. The van der Waals surface area contributed by atoms with Gasteiger partial charge in [-0.3, -0.25) is 0 Å². The van der Waals surface area contributed by atoms with Gasteiger partial charge in [0.05, 0.1) is 0 Å². The van der Waals surface area contributed by atoms with E-state index in [0.717, 1.165) is 17.8 Å². The first-order chi connectivity index (χ1) is 9.88. The molecule has 0 aliphatic heterocycles. The van der Waals surface area contributed by atoms with Gasteiger partial charge in [0.2, 0.25) is 0 Å². The first kappa shape index (κ1) is 16.5. The van der Waals surface area contributed by atoms with Crippen LogP contribution in [0.25, 0.3) is 0 Å². The normalized spacial score (nSPS) is 27.9. The van der Waals surface area contributed by atoms with Crippen molar-refractivity contribution >= 4 is 0 Å². The molecule has 0 aromatic heterocycles. The highest BCUT2D eigenvalue weighted by molar-refractivity contribution is 5.31. The van der Waals surface area contributed by atoms with E-state index in [-0.39, 0.29) is 0 Å². The Balaban J connectivity index is 2.08. The summed E-state index contributed by atoms with van der Waals surface area (Å²) in [5.41, 5.74) is 4.22. The van der Waals surface area contributed by atoms with Crippen molar-refractivity contribution in [2.45, 2.75) is 72.9 Å². The topological polar surface area (TPSA) is 12.0 Å². The van der Waals surface area contributed by atoms with Crippen LogP contribution in [0.1, 0.15) is 69.7 Å². The molecule has 1 N–H and O–H groups in total. The van der Waals surface area contributed by atoms with Crippen LogP contribution in [0, 0.1) is 31.6 Å². The summed E-state index contributed by atoms with van der Waals surface area (Å²) < 4.78 is 0. The zero-order chi connectivity index (χ0) is 15.6. The Morgan fingerprint density at radius 2 is 1.76 bits per heavy atom. The molecule has 0 radical (unpaired) electrons. The van der Waals surface area contributed by atoms with Crippen LogP contribution in [0.4, 0.5) is 0 Å². The molecule has 1 saturated carbocycles. The maximum absolute atomic E-state index is 3.94. The van der Waals surface area contributed by atoms with Crippen LogP contribution in [-0.2, 0) is 0 Å². The molecule has 1 heteroatoms. The van der Waals surface area contributed by atoms with E-state index in [1.165, 1.54) is 36.0 Å². The average Bonchev–Trinajstić information content (AvgIpc) is 2.41. The molecule has 1 nitrogen and oxygen atoms in total. The summed E-state index contributed by atoms with van der Waals surface area (Å²) in [4.78, 5) is 0. The van der Waals surface area contributed by atoms with E-state index in [1.807, 2.05) is 0 Å². The number of benzene rings is 1. The molecule has 118 valence electrons. The number of nitrogens with one attached hydrogen (secondary N) is 1. The molecule has 0 heterocycles. The predicted molar refractivity (Wildman–Crippen MR) is 92.6 cm³/mol. The van der Waals surface area contributed by atoms with Gasteiger partial charge in [0.25, 0.3) is 0 Å². The second-order valence-corrected chi connectivity index (χ2v) is 7.66. The smallest absolute Gasteiger partial charge is 0.0294 e. The minimum Gasteiger partial charge on any atom is -0.307 e. The summed E-state index contributed by atoms with van der Waals surface area (Å²) in [5.74, 6) is 2.47. The van der Waals surface area contributed by atoms with Crippen LogP contribution in [0.15, 0.2) is 18.2 Å². The average molecular weight is 287 g/mol. The number of hydrogen-bond donors (Lipinski definition) is 1. The first-order valence-corrected chi connectivity index (χ1v) is 8.71. The Morgan fingerprint density at radius 3 is 2.38 bits per heavy atom. The van der Waals surface area contributed by atoms with Gasteiger partial charge in [-0.05, 0) is 68.1 Å². The second kappa shape index (κ2) is 6.96. The third kappa shape index (κ3) is 4.10. The molecule has 2 rings (SSSR count). The molecule has 1 aromatic rings. The van der Waals surface area contributed by atoms with Crippen molar-refractivity contribution in [1.29, 1.82) is 0 Å². The summed E-state index contributed by atoms with van der Waals surface area (Å²) in [6.45, 7) is 13.9. The predicted octanol–water partition coefficient (Wildman–Crippen LogP) is 5.41. The van der Waals surface area contributed by atoms with Crippen molar-refractivity contribution in [3.8, 4) is 0 Å². The molecule has 21 heavy (non-hydrogen) atoms. The van der Waals surface area contributed by atoms with Gasteiger partial charge >= 0.3 is 0 Å². The maximum Gasteiger partial charge on any atom is 0.0294 e. The van der Waals surface area contributed by atoms with Crippen molar-refractivity contribution in [2.24, 2.45) is 17.8 Å². The lowest BCUT2D eigenvalue weighted by atomic mass is 9.73. The molecule has 1 fully saturated rings. The summed E-state index contributed by atoms with van der Waals surface area (Å²) in [6.07, 6.45) is 4.12. The van der Waals surface area contributed by atoms with Crippen LogP contribution < -0.4 is 5.32 Å². The molecule has 4 unspecified atom stereocenters. The van der Waals surface area contributed by atoms with Gasteiger partial charge in [-0.1, -0.05) is 45.4 Å². The minimum atomic E-state index is 0.445. The van der Waals surface area contributed by atoms with Gasteiger partial charge in [0, 0.05) is 12.1 Å². The fraction of sp³-hybridized carbons (Fsp3) is 0.700. The quantitative estimate of drug-likeness (QED) is 0.780. The summed E-state index contributed by atoms with van der Waals surface area (Å²) in [5, 5.41) is 3.94. The number of aryl methyl sites for hydroxylation is 2. The van der Waals surface area contributed by atoms with Crippen molar-refractivity contribution in [3.63, 3.8) is 0 Å². The van der Waals surface area contributed by atoms with Crippen LogP contribution in [-0.4, -0.2) is 6.04 Å². The van der Waals surface area contributed by atoms with Crippen LogP contribution in [0.2, 0.25) is 0 Å². The van der Waals surface area contributed by atoms with E-state index >= 15 is 0 Å². The van der Waals surface area contributed by atoms with E-state index in [2.05, 4.69) is 65.1 Å². The Labute approximate surface area is 131 Å². The highest BCUT2D eigenvalue weighted by Crippen LogP contribution is 2.34. The molecule has 1 aromatic carbocycles. The maximum atomic E-state index is 3.94. The molecule has 1 aliphatic carbocycles. The molecule has 1 aliphatic rings. The third-order valence-corrected chi connectivity index (χ3v) is 5.52. The van der Waals surface area contributed by atoms with E-state index in [4.69, 9.17) is 0 Å². The van der Waals surface area contributed by atoms with Crippen LogP contribution in [0.3, 0.4) is 0 Å². The minimum absolute atomic E-state index is 0.445. The van der Waals surface area contributed by atoms with Crippen LogP contribution in [0.5, 0.6) is 0 Å². The molecular weight excluding hydrogens is 254 g/mol. The second-order valence-electron chi connectivity index (χ2n) is 7.66. The van der Waals surface area contributed by atoms with Gasteiger partial charge in [0.1, 0.15) is 0 Å². The van der Waals surface area contributed by atoms with Gasteiger partial charge in [-0.2, -0.15) is 0 Å². The number of hydrogen-bond acceptors (Lipinski definition) is 1. The van der Waals surface area contributed by atoms with Crippen molar-refractivity contribution in [2.75, 3.05) is 0 Å². The Hall–Kier alpha value is -0.820. The third-order valence-electron chi connectivity index (χ3n) is 5.52. The summed E-state index contributed by atoms with van der Waals surface area (Å²) in [6, 6.07) is 8.01. The molecular formula is C20H33N. The molecule has 0 saturated heterocycles. The lowest BCUT2D eigenvalue weighted by molar-refractivity contribution is 0.161. The fourth-order valence-electron chi connectivity index (χ4n) is 3.85. The van der Waals surface area contributed by atoms with E-state index in [9.17, 15) is 0 Å². The van der Waals surface area contributed by atoms with E-state index < -0.39 is 0 Å². The molecule has 0 spiro atoms. The Morgan fingerprint density at radius 1 is 1.05 bits per heavy atom. The number of rotatable bonds is 4. The molecule has 0 bridgehead atoms. The zero-order valence-corrected chi connectivity index (χ0v) is 14.7. The van der Waals surface area contributed by atoms with E-state index in [1.54, 1.807) is 0 Å². The van der Waals surface area contributed by atoms with Gasteiger partial charge in [-0.15, -0.1) is 0 Å². The molecule has 4 atom stereocenters. The summed E-state index contributed by atoms with van der Waals surface area (Å²) in [7, 11) is 0. The first-order valence-electron chi connectivity index (χ1n) is 8.71. The van der Waals surface area contributed by atoms with Crippen molar-refractivity contribution < 1.29 is 0 Å².